The minimum Gasteiger partial charge on any atom is -0.396 e. The molecule has 1 atom stereocenters. The van der Waals surface area contributed by atoms with Crippen LogP contribution in [-0.2, 0) is 0 Å². The van der Waals surface area contributed by atoms with Gasteiger partial charge in [-0.2, -0.15) is 0 Å². The molecule has 0 saturated heterocycles. The summed E-state index contributed by atoms with van der Waals surface area (Å²) in [6.45, 7) is 0.632. The topological polar surface area (TPSA) is 55.1 Å². The van der Waals surface area contributed by atoms with Crippen LogP contribution >= 0.6 is 15.9 Å². The number of rotatable bonds is 3. The number of carbonyl (C=O) groups is 1. The lowest BCUT2D eigenvalue weighted by Crippen LogP contribution is -2.30. The zero-order valence-corrected chi connectivity index (χ0v) is 12.0. The van der Waals surface area contributed by atoms with Gasteiger partial charge in [-0.1, -0.05) is 12.2 Å². The maximum absolute atomic E-state index is 13.2. The monoisotopic (exact) mass is 326 g/mol. The molecule has 102 valence electrons. The molecule has 2 rings (SSSR count). The fraction of sp³-hybridized carbons (Fsp3) is 0.357. The molecule has 0 aliphatic heterocycles. The van der Waals surface area contributed by atoms with Crippen molar-refractivity contribution in [2.75, 3.05) is 12.3 Å². The second-order valence-electron chi connectivity index (χ2n) is 4.71. The summed E-state index contributed by atoms with van der Waals surface area (Å²) in [6, 6.07) is 2.57. The first-order valence-corrected chi connectivity index (χ1v) is 7.05. The molecule has 1 aromatic rings. The molecule has 0 radical (unpaired) electrons. The lowest BCUT2D eigenvalue weighted by atomic mass is 9.94. The molecule has 0 saturated carbocycles. The van der Waals surface area contributed by atoms with Crippen molar-refractivity contribution in [3.8, 4) is 0 Å². The molecule has 0 bridgehead atoms. The van der Waals surface area contributed by atoms with Gasteiger partial charge in [0, 0.05) is 11.0 Å². The summed E-state index contributed by atoms with van der Waals surface area (Å²) in [5, 5.41) is 2.88. The lowest BCUT2D eigenvalue weighted by Gasteiger charge is -2.18. The number of halogens is 2. The van der Waals surface area contributed by atoms with E-state index in [1.165, 1.54) is 12.1 Å². The third kappa shape index (κ3) is 3.56. The number of nitrogens with two attached hydrogens (primary N) is 1. The minimum atomic E-state index is -0.527. The summed E-state index contributed by atoms with van der Waals surface area (Å²) in [6.07, 6.45) is 7.45. The summed E-state index contributed by atoms with van der Waals surface area (Å²) in [5.74, 6) is -0.278. The van der Waals surface area contributed by atoms with Crippen molar-refractivity contribution in [1.82, 2.24) is 5.32 Å². The number of hydrogen-bond acceptors (Lipinski definition) is 2. The molecule has 0 spiro atoms. The van der Waals surface area contributed by atoms with E-state index in [0.717, 1.165) is 19.3 Å². The third-order valence-electron chi connectivity index (χ3n) is 3.26. The van der Waals surface area contributed by atoms with Crippen molar-refractivity contribution in [3.63, 3.8) is 0 Å². The van der Waals surface area contributed by atoms with Crippen LogP contribution in [-0.4, -0.2) is 12.5 Å². The van der Waals surface area contributed by atoms with Crippen LogP contribution in [0.25, 0.3) is 0 Å². The van der Waals surface area contributed by atoms with Gasteiger partial charge in [0.05, 0.1) is 11.3 Å². The molecule has 1 amide bonds. The Labute approximate surface area is 120 Å². The van der Waals surface area contributed by atoms with Crippen molar-refractivity contribution in [1.29, 1.82) is 0 Å². The van der Waals surface area contributed by atoms with E-state index in [9.17, 15) is 9.18 Å². The van der Waals surface area contributed by atoms with Gasteiger partial charge in [-0.05, 0) is 53.2 Å². The zero-order chi connectivity index (χ0) is 13.8. The van der Waals surface area contributed by atoms with E-state index in [0.29, 0.717) is 22.5 Å². The maximum Gasteiger partial charge on any atom is 0.252 e. The Hall–Kier alpha value is -1.36. The fourth-order valence-electron chi connectivity index (χ4n) is 2.11. The van der Waals surface area contributed by atoms with E-state index in [-0.39, 0.29) is 11.6 Å². The van der Waals surface area contributed by atoms with E-state index in [2.05, 4.69) is 33.4 Å². The Bertz CT molecular complexity index is 516. The molecule has 1 aromatic carbocycles. The first-order chi connectivity index (χ1) is 9.08. The highest BCUT2D eigenvalue weighted by molar-refractivity contribution is 9.10. The number of nitrogen functional groups attached to an aromatic ring is 1. The molecule has 3 N–H and O–H groups in total. The highest BCUT2D eigenvalue weighted by Gasteiger charge is 2.15. The van der Waals surface area contributed by atoms with Crippen molar-refractivity contribution >= 4 is 27.5 Å². The quantitative estimate of drug-likeness (QED) is 0.661. The van der Waals surface area contributed by atoms with Gasteiger partial charge in [0.2, 0.25) is 0 Å². The van der Waals surface area contributed by atoms with Crippen LogP contribution in [0.15, 0.2) is 28.8 Å². The van der Waals surface area contributed by atoms with Crippen LogP contribution in [0, 0.1) is 11.7 Å². The van der Waals surface area contributed by atoms with Gasteiger partial charge < -0.3 is 11.1 Å². The SMILES string of the molecule is Nc1cc(C(=O)NCC2CC=CCC2)c(Br)cc1F. The second-order valence-corrected chi connectivity index (χ2v) is 5.57. The van der Waals surface area contributed by atoms with Crippen molar-refractivity contribution < 1.29 is 9.18 Å². The largest absolute Gasteiger partial charge is 0.396 e. The molecular weight excluding hydrogens is 311 g/mol. The van der Waals surface area contributed by atoms with Crippen molar-refractivity contribution in [2.24, 2.45) is 5.92 Å². The molecule has 19 heavy (non-hydrogen) atoms. The van der Waals surface area contributed by atoms with E-state index < -0.39 is 5.82 Å². The highest BCUT2D eigenvalue weighted by atomic mass is 79.9. The predicted molar refractivity (Wildman–Crippen MR) is 77.3 cm³/mol. The maximum atomic E-state index is 13.2. The molecule has 0 aromatic heterocycles. The van der Waals surface area contributed by atoms with Crippen molar-refractivity contribution in [3.05, 3.63) is 40.1 Å². The first kappa shape index (κ1) is 14.1. The van der Waals surface area contributed by atoms with Gasteiger partial charge in [0.1, 0.15) is 5.82 Å². The Kier molecular flexibility index (Phi) is 4.58. The van der Waals surface area contributed by atoms with Gasteiger partial charge in [-0.3, -0.25) is 4.79 Å². The molecule has 0 heterocycles. The van der Waals surface area contributed by atoms with E-state index >= 15 is 0 Å². The Morgan fingerprint density at radius 2 is 2.26 bits per heavy atom. The molecule has 1 aliphatic carbocycles. The van der Waals surface area contributed by atoms with Crippen LogP contribution in [0.3, 0.4) is 0 Å². The second kappa shape index (κ2) is 6.19. The Morgan fingerprint density at radius 3 is 2.95 bits per heavy atom. The van der Waals surface area contributed by atoms with Crippen LogP contribution in [0.5, 0.6) is 0 Å². The van der Waals surface area contributed by atoms with Crippen molar-refractivity contribution in [2.45, 2.75) is 19.3 Å². The van der Waals surface area contributed by atoms with E-state index in [4.69, 9.17) is 5.73 Å². The lowest BCUT2D eigenvalue weighted by molar-refractivity contribution is 0.0945. The summed E-state index contributed by atoms with van der Waals surface area (Å²) in [4.78, 5) is 12.0. The van der Waals surface area contributed by atoms with Gasteiger partial charge in [0.25, 0.3) is 5.91 Å². The van der Waals surface area contributed by atoms with Gasteiger partial charge >= 0.3 is 0 Å². The average Bonchev–Trinajstić information content (AvgIpc) is 2.41. The first-order valence-electron chi connectivity index (χ1n) is 6.25. The number of anilines is 1. The third-order valence-corrected chi connectivity index (χ3v) is 3.92. The standard InChI is InChI=1S/C14H16BrFN2O/c15-11-7-12(16)13(17)6-10(11)14(19)18-8-9-4-2-1-3-5-9/h1-2,6-7,9H,3-5,8,17H2,(H,18,19). The van der Waals surface area contributed by atoms with E-state index in [1.807, 2.05) is 0 Å². The summed E-state index contributed by atoms with van der Waals surface area (Å²) in [7, 11) is 0. The van der Waals surface area contributed by atoms with Crippen LogP contribution < -0.4 is 11.1 Å². The smallest absolute Gasteiger partial charge is 0.252 e. The number of carbonyl (C=O) groups excluding carboxylic acids is 1. The fourth-order valence-corrected chi connectivity index (χ4v) is 2.61. The Morgan fingerprint density at radius 1 is 1.47 bits per heavy atom. The summed E-state index contributed by atoms with van der Waals surface area (Å²) < 4.78 is 13.6. The summed E-state index contributed by atoms with van der Waals surface area (Å²) in [5.41, 5.74) is 5.83. The normalized spacial score (nSPS) is 18.3. The minimum absolute atomic E-state index is 0.0195. The molecule has 1 unspecified atom stereocenters. The molecule has 3 nitrogen and oxygen atoms in total. The van der Waals surface area contributed by atoms with Gasteiger partial charge in [-0.25, -0.2) is 4.39 Å². The number of benzene rings is 1. The Balaban J connectivity index is 1.99. The van der Waals surface area contributed by atoms with Crippen LogP contribution in [0.1, 0.15) is 29.6 Å². The number of allylic oxidation sites excluding steroid dienone is 2. The molecule has 0 fully saturated rings. The number of amides is 1. The molecule has 5 heteroatoms. The predicted octanol–water partition coefficient (Wildman–Crippen LogP) is 3.26. The van der Waals surface area contributed by atoms with Gasteiger partial charge in [-0.15, -0.1) is 0 Å². The summed E-state index contributed by atoms with van der Waals surface area (Å²) >= 11 is 3.18. The molecule has 1 aliphatic rings. The van der Waals surface area contributed by atoms with Gasteiger partial charge in [0.15, 0.2) is 0 Å². The van der Waals surface area contributed by atoms with Crippen LogP contribution in [0.2, 0.25) is 0 Å². The molecular formula is C14H16BrFN2O. The van der Waals surface area contributed by atoms with Crippen LogP contribution in [0.4, 0.5) is 10.1 Å². The number of nitrogens with one attached hydrogen (secondary N) is 1. The van der Waals surface area contributed by atoms with E-state index in [1.54, 1.807) is 0 Å². The zero-order valence-electron chi connectivity index (χ0n) is 10.5. The number of hydrogen-bond donors (Lipinski definition) is 2. The average molecular weight is 327 g/mol. The highest BCUT2D eigenvalue weighted by Crippen LogP contribution is 2.23.